The highest BCUT2D eigenvalue weighted by Gasteiger charge is 2.15. The number of benzene rings is 1. The maximum atomic E-state index is 5.76. The third-order valence-corrected chi connectivity index (χ3v) is 2.87. The lowest BCUT2D eigenvalue weighted by Crippen LogP contribution is -2.26. The van der Waals surface area contributed by atoms with Gasteiger partial charge in [0.1, 0.15) is 5.75 Å². The molecule has 0 radical (unpaired) electrons. The largest absolute Gasteiger partial charge is 0.491 e. The molecule has 0 aliphatic rings. The Labute approximate surface area is 112 Å². The summed E-state index contributed by atoms with van der Waals surface area (Å²) >= 11 is 0. The van der Waals surface area contributed by atoms with Crippen molar-refractivity contribution >= 4 is 0 Å². The fourth-order valence-electron chi connectivity index (χ4n) is 2.09. The molecule has 1 rings (SSSR count). The minimum Gasteiger partial charge on any atom is -0.491 e. The number of ether oxygens (including phenoxy) is 1. The van der Waals surface area contributed by atoms with Crippen LogP contribution in [0.5, 0.6) is 5.75 Å². The normalized spacial score (nSPS) is 13.1. The molecule has 0 heterocycles. The molecule has 1 atom stereocenters. The minimum atomic E-state index is 0.223. The minimum absolute atomic E-state index is 0.223. The first-order valence-electron chi connectivity index (χ1n) is 7.04. The summed E-state index contributed by atoms with van der Waals surface area (Å²) in [5.41, 5.74) is 1.32. The number of hydrogen-bond donors (Lipinski definition) is 1. The fraction of sp³-hybridized carbons (Fsp3) is 0.625. The van der Waals surface area contributed by atoms with Crippen LogP contribution >= 0.6 is 0 Å². The predicted molar refractivity (Wildman–Crippen MR) is 78.1 cm³/mol. The van der Waals surface area contributed by atoms with E-state index in [4.69, 9.17) is 4.74 Å². The van der Waals surface area contributed by atoms with E-state index in [1.165, 1.54) is 5.56 Å². The molecule has 0 aliphatic carbocycles. The van der Waals surface area contributed by atoms with Crippen LogP contribution in [0, 0.1) is 5.92 Å². The van der Waals surface area contributed by atoms with Gasteiger partial charge in [0.2, 0.25) is 0 Å². The van der Waals surface area contributed by atoms with Crippen LogP contribution in [-0.2, 0) is 0 Å². The molecule has 2 heteroatoms. The molecule has 0 fully saturated rings. The maximum absolute atomic E-state index is 5.76. The van der Waals surface area contributed by atoms with Crippen LogP contribution in [0.3, 0.4) is 0 Å². The van der Waals surface area contributed by atoms with Crippen molar-refractivity contribution in [1.29, 1.82) is 0 Å². The summed E-state index contributed by atoms with van der Waals surface area (Å²) in [6.45, 7) is 11.9. The van der Waals surface area contributed by atoms with Crippen molar-refractivity contribution in [2.75, 3.05) is 6.54 Å². The summed E-state index contributed by atoms with van der Waals surface area (Å²) in [7, 11) is 0. The second-order valence-electron chi connectivity index (χ2n) is 5.41. The number of nitrogens with one attached hydrogen (secondary N) is 1. The summed E-state index contributed by atoms with van der Waals surface area (Å²) in [6.07, 6.45) is 1.38. The molecule has 2 nitrogen and oxygen atoms in total. The molecule has 0 aliphatic heterocycles. The van der Waals surface area contributed by atoms with Gasteiger partial charge in [0.25, 0.3) is 0 Å². The van der Waals surface area contributed by atoms with Crippen LogP contribution in [-0.4, -0.2) is 12.6 Å². The number of hydrogen-bond acceptors (Lipinski definition) is 2. The predicted octanol–water partition coefficient (Wildman–Crippen LogP) is 4.17. The summed E-state index contributed by atoms with van der Waals surface area (Å²) in [6, 6.07) is 8.85. The molecule has 0 bridgehead atoms. The molecule has 0 aromatic heterocycles. The lowest BCUT2D eigenvalue weighted by atomic mass is 9.96. The van der Waals surface area contributed by atoms with E-state index >= 15 is 0 Å². The Hall–Kier alpha value is -1.02. The van der Waals surface area contributed by atoms with Gasteiger partial charge in [-0.2, -0.15) is 0 Å². The van der Waals surface area contributed by atoms with Gasteiger partial charge < -0.3 is 10.1 Å². The van der Waals surface area contributed by atoms with Crippen LogP contribution in [0.4, 0.5) is 0 Å². The molecule has 0 amide bonds. The topological polar surface area (TPSA) is 21.3 Å². The quantitative estimate of drug-likeness (QED) is 0.783. The molecular formula is C16H27NO. The smallest absolute Gasteiger partial charge is 0.120 e. The van der Waals surface area contributed by atoms with Gasteiger partial charge in [0.05, 0.1) is 6.10 Å². The van der Waals surface area contributed by atoms with Gasteiger partial charge in [0, 0.05) is 6.04 Å². The van der Waals surface area contributed by atoms with E-state index < -0.39 is 0 Å². The Morgan fingerprint density at radius 3 is 2.44 bits per heavy atom. The molecule has 0 spiro atoms. The van der Waals surface area contributed by atoms with Crippen LogP contribution in [0.15, 0.2) is 24.3 Å². The second-order valence-corrected chi connectivity index (χ2v) is 5.41. The highest BCUT2D eigenvalue weighted by molar-refractivity contribution is 5.31. The van der Waals surface area contributed by atoms with Crippen molar-refractivity contribution in [1.82, 2.24) is 5.32 Å². The van der Waals surface area contributed by atoms with Crippen LogP contribution in [0.25, 0.3) is 0 Å². The maximum Gasteiger partial charge on any atom is 0.120 e. The molecule has 1 aromatic carbocycles. The number of rotatable bonds is 7. The Kier molecular flexibility index (Phi) is 6.20. The fourth-order valence-corrected chi connectivity index (χ4v) is 2.09. The van der Waals surface area contributed by atoms with Gasteiger partial charge in [-0.3, -0.25) is 0 Å². The first-order valence-corrected chi connectivity index (χ1v) is 7.04. The first-order chi connectivity index (χ1) is 8.54. The third kappa shape index (κ3) is 4.69. The Bertz CT molecular complexity index is 347. The first kappa shape index (κ1) is 15.0. The van der Waals surface area contributed by atoms with Crippen molar-refractivity contribution in [2.24, 2.45) is 5.92 Å². The Morgan fingerprint density at radius 2 is 1.89 bits per heavy atom. The van der Waals surface area contributed by atoms with Gasteiger partial charge in [-0.1, -0.05) is 32.9 Å². The van der Waals surface area contributed by atoms with E-state index in [1.54, 1.807) is 0 Å². The molecular weight excluding hydrogens is 222 g/mol. The lowest BCUT2D eigenvalue weighted by Gasteiger charge is -2.23. The molecule has 102 valence electrons. The van der Waals surface area contributed by atoms with E-state index in [0.29, 0.717) is 12.0 Å². The summed E-state index contributed by atoms with van der Waals surface area (Å²) < 4.78 is 5.76. The van der Waals surface area contributed by atoms with E-state index in [2.05, 4.69) is 58.1 Å². The van der Waals surface area contributed by atoms with Gasteiger partial charge >= 0.3 is 0 Å². The van der Waals surface area contributed by atoms with E-state index in [9.17, 15) is 0 Å². The van der Waals surface area contributed by atoms with Crippen LogP contribution in [0.1, 0.15) is 52.6 Å². The van der Waals surface area contributed by atoms with Gasteiger partial charge in [0.15, 0.2) is 0 Å². The Morgan fingerprint density at radius 1 is 1.17 bits per heavy atom. The molecule has 0 saturated carbocycles. The average Bonchev–Trinajstić information content (AvgIpc) is 2.28. The van der Waals surface area contributed by atoms with Crippen LogP contribution in [0.2, 0.25) is 0 Å². The second kappa shape index (κ2) is 7.42. The Balaban J connectivity index is 2.83. The molecule has 18 heavy (non-hydrogen) atoms. The zero-order chi connectivity index (χ0) is 13.5. The van der Waals surface area contributed by atoms with Crippen molar-refractivity contribution in [3.05, 3.63) is 29.8 Å². The van der Waals surface area contributed by atoms with Crippen molar-refractivity contribution in [3.63, 3.8) is 0 Å². The zero-order valence-corrected chi connectivity index (χ0v) is 12.4. The van der Waals surface area contributed by atoms with E-state index in [-0.39, 0.29) is 6.10 Å². The van der Waals surface area contributed by atoms with Gasteiger partial charge in [-0.25, -0.2) is 0 Å². The van der Waals surface area contributed by atoms with Gasteiger partial charge in [-0.05, 0) is 50.4 Å². The monoisotopic (exact) mass is 249 g/mol. The van der Waals surface area contributed by atoms with Crippen molar-refractivity contribution in [3.8, 4) is 5.75 Å². The molecule has 1 unspecified atom stereocenters. The average molecular weight is 249 g/mol. The SMILES string of the molecule is CCCNC(c1cccc(OC(C)C)c1)C(C)C. The summed E-state index contributed by atoms with van der Waals surface area (Å²) in [4.78, 5) is 0. The highest BCUT2D eigenvalue weighted by atomic mass is 16.5. The van der Waals surface area contributed by atoms with Crippen molar-refractivity contribution in [2.45, 2.75) is 53.2 Å². The van der Waals surface area contributed by atoms with Crippen LogP contribution < -0.4 is 10.1 Å². The molecule has 1 aromatic rings. The highest BCUT2D eigenvalue weighted by Crippen LogP contribution is 2.25. The summed E-state index contributed by atoms with van der Waals surface area (Å²) in [5, 5.41) is 3.61. The zero-order valence-electron chi connectivity index (χ0n) is 12.4. The molecule has 0 saturated heterocycles. The van der Waals surface area contributed by atoms with Crippen molar-refractivity contribution < 1.29 is 4.74 Å². The summed E-state index contributed by atoms with van der Waals surface area (Å²) in [5.74, 6) is 1.54. The third-order valence-electron chi connectivity index (χ3n) is 2.87. The molecule has 1 N–H and O–H groups in total. The lowest BCUT2D eigenvalue weighted by molar-refractivity contribution is 0.241. The van der Waals surface area contributed by atoms with E-state index in [0.717, 1.165) is 18.7 Å². The standard InChI is InChI=1S/C16H27NO/c1-6-10-17-16(12(2)3)14-8-7-9-15(11-14)18-13(4)5/h7-9,11-13,16-17H,6,10H2,1-5H3. The van der Waals surface area contributed by atoms with E-state index in [1.807, 2.05) is 6.07 Å². The van der Waals surface area contributed by atoms with Gasteiger partial charge in [-0.15, -0.1) is 0 Å².